The lowest BCUT2D eigenvalue weighted by atomic mass is 10.0. The van der Waals surface area contributed by atoms with Crippen molar-refractivity contribution in [3.05, 3.63) is 64.1 Å². The van der Waals surface area contributed by atoms with Gasteiger partial charge in [0.1, 0.15) is 5.75 Å². The molecule has 0 heterocycles. The fourth-order valence-corrected chi connectivity index (χ4v) is 2.82. The lowest BCUT2D eigenvalue weighted by molar-refractivity contribution is 0.103. The van der Waals surface area contributed by atoms with Gasteiger partial charge in [0.05, 0.1) is 6.61 Å². The SMILES string of the molecule is CN(C)C1CC1.O=C(c1ccc(Br)cc1)c1ccc(OCC2CC2)cc1. The molecule has 0 aliphatic heterocycles. The maximum atomic E-state index is 12.3. The third-order valence-corrected chi connectivity index (χ3v) is 5.21. The number of ketones is 1. The second-order valence-corrected chi connectivity index (χ2v) is 8.23. The molecule has 0 N–H and O–H groups in total. The molecule has 0 spiro atoms. The number of nitrogens with zero attached hydrogens (tertiary/aromatic N) is 1. The molecule has 0 saturated heterocycles. The molecule has 0 aromatic heterocycles. The summed E-state index contributed by atoms with van der Waals surface area (Å²) in [6.07, 6.45) is 5.40. The minimum atomic E-state index is 0.0336. The number of carbonyl (C=O) groups excluding carboxylic acids is 1. The van der Waals surface area contributed by atoms with Gasteiger partial charge < -0.3 is 9.64 Å². The van der Waals surface area contributed by atoms with Gasteiger partial charge in [-0.25, -0.2) is 0 Å². The zero-order valence-electron chi connectivity index (χ0n) is 15.5. The highest BCUT2D eigenvalue weighted by atomic mass is 79.9. The average Bonchev–Trinajstić information content (AvgIpc) is 3.54. The monoisotopic (exact) mass is 415 g/mol. The molecule has 0 bridgehead atoms. The van der Waals surface area contributed by atoms with E-state index in [1.807, 2.05) is 48.5 Å². The fraction of sp³-hybridized carbons (Fsp3) is 0.409. The summed E-state index contributed by atoms with van der Waals surface area (Å²) in [5, 5.41) is 0. The van der Waals surface area contributed by atoms with Gasteiger partial charge in [0, 0.05) is 21.6 Å². The molecule has 2 aromatic carbocycles. The van der Waals surface area contributed by atoms with Crippen molar-refractivity contribution in [1.82, 2.24) is 4.90 Å². The van der Waals surface area contributed by atoms with Gasteiger partial charge >= 0.3 is 0 Å². The van der Waals surface area contributed by atoms with E-state index in [-0.39, 0.29) is 5.78 Å². The molecular weight excluding hydrogens is 390 g/mol. The van der Waals surface area contributed by atoms with E-state index < -0.39 is 0 Å². The Hall–Kier alpha value is -1.65. The quantitative estimate of drug-likeness (QED) is 0.608. The van der Waals surface area contributed by atoms with Crippen molar-refractivity contribution in [2.45, 2.75) is 31.7 Å². The lowest BCUT2D eigenvalue weighted by Crippen LogP contribution is -2.12. The van der Waals surface area contributed by atoms with E-state index in [0.29, 0.717) is 11.1 Å². The zero-order valence-corrected chi connectivity index (χ0v) is 17.0. The van der Waals surface area contributed by atoms with Gasteiger partial charge in [-0.3, -0.25) is 4.79 Å². The molecule has 0 radical (unpaired) electrons. The molecule has 3 nitrogen and oxygen atoms in total. The van der Waals surface area contributed by atoms with Crippen LogP contribution in [-0.2, 0) is 0 Å². The van der Waals surface area contributed by atoms with Gasteiger partial charge in [-0.05, 0) is 94.2 Å². The Bertz CT molecular complexity index is 717. The number of hydrogen-bond donors (Lipinski definition) is 0. The third kappa shape index (κ3) is 5.96. The highest BCUT2D eigenvalue weighted by molar-refractivity contribution is 9.10. The maximum absolute atomic E-state index is 12.3. The second kappa shape index (κ2) is 8.83. The molecule has 2 aliphatic carbocycles. The van der Waals surface area contributed by atoms with Crippen LogP contribution < -0.4 is 4.74 Å². The summed E-state index contributed by atoms with van der Waals surface area (Å²) in [6, 6.07) is 15.7. The van der Waals surface area contributed by atoms with Crippen molar-refractivity contribution in [3.63, 3.8) is 0 Å². The van der Waals surface area contributed by atoms with Crippen LogP contribution in [0.4, 0.5) is 0 Å². The molecule has 0 unspecified atom stereocenters. The minimum Gasteiger partial charge on any atom is -0.493 e. The molecule has 0 atom stereocenters. The van der Waals surface area contributed by atoms with E-state index in [0.717, 1.165) is 28.8 Å². The van der Waals surface area contributed by atoms with Crippen LogP contribution in [-0.4, -0.2) is 37.4 Å². The summed E-state index contributed by atoms with van der Waals surface area (Å²) in [7, 11) is 4.27. The topological polar surface area (TPSA) is 29.5 Å². The summed E-state index contributed by atoms with van der Waals surface area (Å²) in [5.74, 6) is 1.61. The van der Waals surface area contributed by atoms with Gasteiger partial charge in [0.15, 0.2) is 5.78 Å². The van der Waals surface area contributed by atoms with Crippen molar-refractivity contribution in [1.29, 1.82) is 0 Å². The molecule has 4 rings (SSSR count). The smallest absolute Gasteiger partial charge is 0.193 e. The predicted molar refractivity (Wildman–Crippen MR) is 109 cm³/mol. The molecule has 2 saturated carbocycles. The molecule has 2 aliphatic rings. The summed E-state index contributed by atoms with van der Waals surface area (Å²) in [6.45, 7) is 0.792. The molecule has 4 heteroatoms. The Kier molecular flexibility index (Phi) is 6.49. The first-order valence-corrected chi connectivity index (χ1v) is 10.0. The molecule has 26 heavy (non-hydrogen) atoms. The standard InChI is InChI=1S/C17H15BrO2.C5H11N/c18-15-7-3-13(4-8-15)17(19)14-5-9-16(10-6-14)20-11-12-1-2-12;1-6(2)5-3-4-5/h3-10,12H,1-2,11H2;5H,3-4H2,1-2H3. The Labute approximate surface area is 164 Å². The van der Waals surface area contributed by atoms with Crippen molar-refractivity contribution in [2.75, 3.05) is 20.7 Å². The van der Waals surface area contributed by atoms with Gasteiger partial charge in [0.2, 0.25) is 0 Å². The number of hydrogen-bond acceptors (Lipinski definition) is 3. The molecular formula is C22H26BrNO2. The Morgan fingerprint density at radius 3 is 1.92 bits per heavy atom. The molecule has 2 aromatic rings. The first kappa shape index (κ1) is 19.1. The second-order valence-electron chi connectivity index (χ2n) is 7.31. The van der Waals surface area contributed by atoms with E-state index in [4.69, 9.17) is 4.74 Å². The number of ether oxygens (including phenoxy) is 1. The number of benzene rings is 2. The summed E-state index contributed by atoms with van der Waals surface area (Å²) in [4.78, 5) is 14.6. The first-order chi connectivity index (χ1) is 12.5. The van der Waals surface area contributed by atoms with E-state index in [1.165, 1.54) is 25.7 Å². The zero-order chi connectivity index (χ0) is 18.5. The van der Waals surface area contributed by atoms with Crippen molar-refractivity contribution >= 4 is 21.7 Å². The normalized spacial score (nSPS) is 16.0. The molecule has 2 fully saturated rings. The fourth-order valence-electron chi connectivity index (χ4n) is 2.56. The van der Waals surface area contributed by atoms with Crippen molar-refractivity contribution in [2.24, 2.45) is 5.92 Å². The van der Waals surface area contributed by atoms with E-state index in [9.17, 15) is 4.79 Å². The average molecular weight is 416 g/mol. The third-order valence-electron chi connectivity index (χ3n) is 4.68. The summed E-state index contributed by atoms with van der Waals surface area (Å²) in [5.41, 5.74) is 1.38. The number of rotatable bonds is 6. The van der Waals surface area contributed by atoms with Crippen LogP contribution in [0.25, 0.3) is 0 Å². The van der Waals surface area contributed by atoms with Crippen LogP contribution in [0, 0.1) is 5.92 Å². The van der Waals surface area contributed by atoms with Crippen molar-refractivity contribution < 1.29 is 9.53 Å². The van der Waals surface area contributed by atoms with E-state index in [2.05, 4.69) is 34.9 Å². The van der Waals surface area contributed by atoms with Crippen molar-refractivity contribution in [3.8, 4) is 5.75 Å². The number of carbonyl (C=O) groups is 1. The van der Waals surface area contributed by atoms with Gasteiger partial charge in [0.25, 0.3) is 0 Å². The lowest BCUT2D eigenvalue weighted by Gasteiger charge is -2.06. The van der Waals surface area contributed by atoms with E-state index >= 15 is 0 Å². The van der Waals surface area contributed by atoms with Crippen LogP contribution in [0.1, 0.15) is 41.6 Å². The highest BCUT2D eigenvalue weighted by Gasteiger charge is 2.22. The Morgan fingerprint density at radius 2 is 1.50 bits per heavy atom. The van der Waals surface area contributed by atoms with Gasteiger partial charge in [-0.1, -0.05) is 15.9 Å². The highest BCUT2D eigenvalue weighted by Crippen LogP contribution is 2.29. The molecule has 138 valence electrons. The Morgan fingerprint density at radius 1 is 0.962 bits per heavy atom. The predicted octanol–water partition coefficient (Wildman–Crippen LogP) is 5.18. The van der Waals surface area contributed by atoms with E-state index in [1.54, 1.807) is 0 Å². The van der Waals surface area contributed by atoms with Gasteiger partial charge in [-0.15, -0.1) is 0 Å². The summed E-state index contributed by atoms with van der Waals surface area (Å²) < 4.78 is 6.64. The van der Waals surface area contributed by atoms with Crippen LogP contribution in [0.3, 0.4) is 0 Å². The Balaban J connectivity index is 0.000000278. The van der Waals surface area contributed by atoms with Crippen LogP contribution in [0.15, 0.2) is 53.0 Å². The summed E-state index contributed by atoms with van der Waals surface area (Å²) >= 11 is 3.37. The minimum absolute atomic E-state index is 0.0336. The largest absolute Gasteiger partial charge is 0.493 e. The van der Waals surface area contributed by atoms with Crippen LogP contribution in [0.2, 0.25) is 0 Å². The molecule has 0 amide bonds. The van der Waals surface area contributed by atoms with Crippen LogP contribution >= 0.6 is 15.9 Å². The van der Waals surface area contributed by atoms with Gasteiger partial charge in [-0.2, -0.15) is 0 Å². The van der Waals surface area contributed by atoms with Crippen LogP contribution in [0.5, 0.6) is 5.75 Å². The number of halogens is 1. The maximum Gasteiger partial charge on any atom is 0.193 e. The first-order valence-electron chi connectivity index (χ1n) is 9.22.